The van der Waals surface area contributed by atoms with E-state index < -0.39 is 54.0 Å². The number of thiol groups is 1. The lowest BCUT2D eigenvalue weighted by Gasteiger charge is -2.26. The first-order valence-electron chi connectivity index (χ1n) is 12.0. The van der Waals surface area contributed by atoms with Crippen LogP contribution < -0.4 is 27.4 Å². The minimum absolute atomic E-state index is 0.109. The number of unbranched alkanes of at least 4 members (excludes halogenated alkanes) is 1. The maximum Gasteiger partial charge on any atom is 0.326 e. The Morgan fingerprint density at radius 2 is 1.70 bits per heavy atom. The van der Waals surface area contributed by atoms with Crippen molar-refractivity contribution in [2.45, 2.75) is 62.9 Å². The second-order valence-corrected chi connectivity index (χ2v) is 9.19. The Balaban J connectivity index is 2.00. The number of hydrogen-bond acceptors (Lipinski definition) is 8. The lowest BCUT2D eigenvalue weighted by molar-refractivity contribution is -0.143. The number of amides is 3. The van der Waals surface area contributed by atoms with Gasteiger partial charge < -0.3 is 42.6 Å². The van der Waals surface area contributed by atoms with Crippen LogP contribution in [0, 0.1) is 0 Å². The SMILES string of the molecule is CC(O)C(NC(=O)C(CS)NC(=O)C(N)Cc1c[nH]c2ccccc12)C(=O)NC(CCCCN)C(=O)O. The number of carbonyl (C=O) groups excluding carboxylic acids is 3. The number of benzene rings is 1. The van der Waals surface area contributed by atoms with Gasteiger partial charge in [-0.2, -0.15) is 12.6 Å². The molecule has 0 radical (unpaired) electrons. The Kier molecular flexibility index (Phi) is 11.9. The molecule has 3 amide bonds. The van der Waals surface area contributed by atoms with Gasteiger partial charge in [0.2, 0.25) is 17.7 Å². The van der Waals surface area contributed by atoms with Crippen LogP contribution >= 0.6 is 12.6 Å². The standard InChI is InChI=1S/C24H36N6O6S/c1-13(31)20(23(34)28-18(24(35)36)8-4-5-9-25)30-22(33)19(12-37)29-21(32)16(26)10-14-11-27-17-7-3-2-6-15(14)17/h2-3,6-7,11,13,16,18-20,27,31,37H,4-5,8-10,12,25-26H2,1H3,(H,28,34)(H,29,32)(H,30,33)(H,35,36). The van der Waals surface area contributed by atoms with Crippen molar-refractivity contribution in [3.05, 3.63) is 36.0 Å². The maximum absolute atomic E-state index is 12.8. The molecule has 10 N–H and O–H groups in total. The molecule has 0 saturated carbocycles. The van der Waals surface area contributed by atoms with E-state index in [0.29, 0.717) is 19.4 Å². The number of carboxylic acids is 1. The fourth-order valence-electron chi connectivity index (χ4n) is 3.77. The summed E-state index contributed by atoms with van der Waals surface area (Å²) in [6.07, 6.45) is 1.85. The molecule has 5 unspecified atom stereocenters. The second-order valence-electron chi connectivity index (χ2n) is 8.82. The van der Waals surface area contributed by atoms with Crippen molar-refractivity contribution in [2.24, 2.45) is 11.5 Å². The third kappa shape index (κ3) is 8.74. The van der Waals surface area contributed by atoms with Crippen LogP contribution in [0.15, 0.2) is 30.5 Å². The Bertz CT molecular complexity index is 1080. The molecule has 0 spiro atoms. The zero-order chi connectivity index (χ0) is 27.5. The molecule has 1 aromatic heterocycles. The van der Waals surface area contributed by atoms with E-state index in [0.717, 1.165) is 16.5 Å². The molecule has 0 fully saturated rings. The number of rotatable bonds is 15. The van der Waals surface area contributed by atoms with E-state index in [1.54, 1.807) is 6.20 Å². The molecule has 0 bridgehead atoms. The molecule has 0 aliphatic rings. The molecule has 0 aliphatic heterocycles. The molecular formula is C24H36N6O6S. The normalized spacial score (nSPS) is 15.3. The fraction of sp³-hybridized carbons (Fsp3) is 0.500. The number of carbonyl (C=O) groups is 4. The number of carboxylic acid groups (broad SMARTS) is 1. The predicted molar refractivity (Wildman–Crippen MR) is 142 cm³/mol. The van der Waals surface area contributed by atoms with E-state index in [-0.39, 0.29) is 18.6 Å². The number of nitrogens with two attached hydrogens (primary N) is 2. The summed E-state index contributed by atoms with van der Waals surface area (Å²) in [6.45, 7) is 1.66. The molecule has 2 rings (SSSR count). The van der Waals surface area contributed by atoms with Crippen LogP contribution in [0.25, 0.3) is 10.9 Å². The number of para-hydroxylation sites is 1. The average Bonchev–Trinajstić information content (AvgIpc) is 3.27. The lowest BCUT2D eigenvalue weighted by Crippen LogP contribution is -2.60. The summed E-state index contributed by atoms with van der Waals surface area (Å²) in [5, 5.41) is 27.6. The number of H-pyrrole nitrogens is 1. The molecule has 204 valence electrons. The van der Waals surface area contributed by atoms with Crippen molar-refractivity contribution in [1.82, 2.24) is 20.9 Å². The van der Waals surface area contributed by atoms with Crippen molar-refractivity contribution in [3.63, 3.8) is 0 Å². The molecule has 1 aromatic carbocycles. The number of fused-ring (bicyclic) bond motifs is 1. The number of aliphatic hydroxyl groups excluding tert-OH is 1. The van der Waals surface area contributed by atoms with Gasteiger partial charge in [-0.15, -0.1) is 0 Å². The average molecular weight is 537 g/mol. The summed E-state index contributed by atoms with van der Waals surface area (Å²) in [5.41, 5.74) is 13.3. The first-order chi connectivity index (χ1) is 17.6. The monoisotopic (exact) mass is 536 g/mol. The topological polar surface area (TPSA) is 213 Å². The van der Waals surface area contributed by atoms with Gasteiger partial charge in [-0.05, 0) is 50.8 Å². The van der Waals surface area contributed by atoms with Gasteiger partial charge in [0.1, 0.15) is 18.1 Å². The molecule has 0 aliphatic carbocycles. The zero-order valence-corrected chi connectivity index (χ0v) is 21.5. The van der Waals surface area contributed by atoms with Crippen LogP contribution in [0.4, 0.5) is 0 Å². The quantitative estimate of drug-likeness (QED) is 0.102. The first kappa shape index (κ1) is 30.1. The van der Waals surface area contributed by atoms with Gasteiger partial charge in [0.05, 0.1) is 12.1 Å². The van der Waals surface area contributed by atoms with Crippen molar-refractivity contribution in [3.8, 4) is 0 Å². The van der Waals surface area contributed by atoms with E-state index in [1.165, 1.54) is 6.92 Å². The minimum Gasteiger partial charge on any atom is -0.480 e. The van der Waals surface area contributed by atoms with E-state index in [9.17, 15) is 29.4 Å². The van der Waals surface area contributed by atoms with Crippen LogP contribution in [-0.4, -0.2) is 81.5 Å². The number of nitrogens with one attached hydrogen (secondary N) is 4. The summed E-state index contributed by atoms with van der Waals surface area (Å²) in [4.78, 5) is 52.9. The molecule has 0 saturated heterocycles. The Morgan fingerprint density at radius 3 is 2.32 bits per heavy atom. The Morgan fingerprint density at radius 1 is 1.03 bits per heavy atom. The summed E-state index contributed by atoms with van der Waals surface area (Å²) in [5.74, 6) is -3.60. The third-order valence-electron chi connectivity index (χ3n) is 5.89. The molecule has 1 heterocycles. The molecular weight excluding hydrogens is 500 g/mol. The molecule has 13 heteroatoms. The van der Waals surface area contributed by atoms with Gasteiger partial charge in [-0.1, -0.05) is 18.2 Å². The summed E-state index contributed by atoms with van der Waals surface area (Å²) < 4.78 is 0. The highest BCUT2D eigenvalue weighted by molar-refractivity contribution is 7.80. The highest BCUT2D eigenvalue weighted by atomic mass is 32.1. The van der Waals surface area contributed by atoms with E-state index >= 15 is 0 Å². The largest absolute Gasteiger partial charge is 0.480 e. The van der Waals surface area contributed by atoms with E-state index in [4.69, 9.17) is 11.5 Å². The molecule has 12 nitrogen and oxygen atoms in total. The van der Waals surface area contributed by atoms with Crippen LogP contribution in [0.1, 0.15) is 31.7 Å². The number of aliphatic carboxylic acids is 1. The fourth-order valence-corrected chi connectivity index (χ4v) is 4.03. The Hall–Kier alpha value is -3.13. The van der Waals surface area contributed by atoms with Gasteiger partial charge in [-0.3, -0.25) is 14.4 Å². The van der Waals surface area contributed by atoms with Crippen LogP contribution in [0.5, 0.6) is 0 Å². The van der Waals surface area contributed by atoms with E-state index in [1.807, 2.05) is 24.3 Å². The van der Waals surface area contributed by atoms with Crippen molar-refractivity contribution < 1.29 is 29.4 Å². The molecule has 5 atom stereocenters. The smallest absolute Gasteiger partial charge is 0.326 e. The zero-order valence-electron chi connectivity index (χ0n) is 20.6. The minimum atomic E-state index is -1.46. The lowest BCUT2D eigenvalue weighted by atomic mass is 10.0. The number of hydrogen-bond donors (Lipinski definition) is 9. The van der Waals surface area contributed by atoms with Crippen LogP contribution in [0.2, 0.25) is 0 Å². The highest BCUT2D eigenvalue weighted by Crippen LogP contribution is 2.18. The summed E-state index contributed by atoms with van der Waals surface area (Å²) >= 11 is 4.12. The maximum atomic E-state index is 12.8. The summed E-state index contributed by atoms with van der Waals surface area (Å²) in [7, 11) is 0. The van der Waals surface area contributed by atoms with Crippen molar-refractivity contribution in [2.75, 3.05) is 12.3 Å². The predicted octanol–water partition coefficient (Wildman–Crippen LogP) is -0.984. The van der Waals surface area contributed by atoms with Gasteiger partial charge in [0, 0.05) is 22.9 Å². The van der Waals surface area contributed by atoms with Gasteiger partial charge in [0.15, 0.2) is 0 Å². The van der Waals surface area contributed by atoms with Gasteiger partial charge in [0.25, 0.3) is 0 Å². The molecule has 37 heavy (non-hydrogen) atoms. The first-order valence-corrected chi connectivity index (χ1v) is 12.7. The number of aliphatic hydroxyl groups is 1. The van der Waals surface area contributed by atoms with Crippen LogP contribution in [-0.2, 0) is 25.6 Å². The van der Waals surface area contributed by atoms with E-state index in [2.05, 4.69) is 33.6 Å². The molecule has 2 aromatic rings. The number of aromatic nitrogens is 1. The second kappa shape index (κ2) is 14.6. The van der Waals surface area contributed by atoms with Crippen molar-refractivity contribution in [1.29, 1.82) is 0 Å². The van der Waals surface area contributed by atoms with Crippen molar-refractivity contribution >= 4 is 47.2 Å². The Labute approximate surface area is 220 Å². The highest BCUT2D eigenvalue weighted by Gasteiger charge is 2.32. The van der Waals surface area contributed by atoms with Gasteiger partial charge >= 0.3 is 5.97 Å². The third-order valence-corrected chi connectivity index (χ3v) is 6.26. The van der Waals surface area contributed by atoms with Gasteiger partial charge in [-0.25, -0.2) is 4.79 Å². The van der Waals surface area contributed by atoms with Crippen LogP contribution in [0.3, 0.4) is 0 Å². The summed E-state index contributed by atoms with van der Waals surface area (Å²) in [6, 6.07) is 2.79. The number of aromatic amines is 1.